The monoisotopic (exact) mass is 716 g/mol. The van der Waals surface area contributed by atoms with E-state index in [1.165, 1.54) is 54.6 Å². The first-order chi connectivity index (χ1) is 23.2. The summed E-state index contributed by atoms with van der Waals surface area (Å²) in [5, 5.41) is 18.1. The van der Waals surface area contributed by atoms with Crippen LogP contribution in [0.5, 0.6) is 0 Å². The zero-order valence-electron chi connectivity index (χ0n) is 25.0. The summed E-state index contributed by atoms with van der Waals surface area (Å²) in [5.74, 6) is 0. The van der Waals surface area contributed by atoms with Gasteiger partial charge in [0.05, 0.1) is 32.5 Å². The van der Waals surface area contributed by atoms with E-state index in [1.807, 2.05) is 30.3 Å². The van der Waals surface area contributed by atoms with Crippen molar-refractivity contribution in [3.63, 3.8) is 0 Å². The third kappa shape index (κ3) is 7.44. The molecule has 6 aromatic rings. The minimum atomic E-state index is -4.63. The first-order valence-corrected chi connectivity index (χ1v) is 18.5. The van der Waals surface area contributed by atoms with Gasteiger partial charge in [0.2, 0.25) is 0 Å². The van der Waals surface area contributed by atoms with E-state index >= 15 is 0 Å². The smallest absolute Gasteiger partial charge is 0.282 e. The fourth-order valence-corrected chi connectivity index (χ4v) is 7.03. The van der Waals surface area contributed by atoms with Crippen molar-refractivity contribution < 1.29 is 38.9 Å². The SMILES string of the molecule is O=S(=O)(O)c1cccc(N=Nc2ccc(N=Nc3ccc(Cc4ccccc4)c4c(S(=O)(=O)O)cccc34)c3cc(S(=O)(=O)O)ccc23)c1. The zero-order chi connectivity index (χ0) is 35.0. The van der Waals surface area contributed by atoms with Gasteiger partial charge in [-0.1, -0.05) is 60.7 Å². The van der Waals surface area contributed by atoms with Gasteiger partial charge >= 0.3 is 0 Å². The molecule has 49 heavy (non-hydrogen) atoms. The summed E-state index contributed by atoms with van der Waals surface area (Å²) < 4.78 is 101. The van der Waals surface area contributed by atoms with E-state index in [0.717, 1.165) is 17.7 Å². The Morgan fingerprint density at radius 2 is 1.06 bits per heavy atom. The molecule has 0 atom stereocenters. The highest BCUT2D eigenvalue weighted by Crippen LogP contribution is 2.39. The molecule has 0 bridgehead atoms. The van der Waals surface area contributed by atoms with Crippen molar-refractivity contribution in [1.29, 1.82) is 0 Å². The van der Waals surface area contributed by atoms with E-state index in [-0.39, 0.29) is 43.3 Å². The van der Waals surface area contributed by atoms with Crippen molar-refractivity contribution in [2.75, 3.05) is 0 Å². The lowest BCUT2D eigenvalue weighted by molar-refractivity contribution is 0.481. The summed E-state index contributed by atoms with van der Waals surface area (Å²) >= 11 is 0. The topological polar surface area (TPSA) is 213 Å². The molecule has 16 heteroatoms. The van der Waals surface area contributed by atoms with Gasteiger partial charge < -0.3 is 0 Å². The molecule has 6 aromatic carbocycles. The van der Waals surface area contributed by atoms with Crippen LogP contribution in [0.15, 0.2) is 150 Å². The molecule has 0 amide bonds. The van der Waals surface area contributed by atoms with Crippen LogP contribution >= 0.6 is 0 Å². The molecule has 0 aliphatic rings. The highest BCUT2D eigenvalue weighted by Gasteiger charge is 2.19. The number of azo groups is 2. The van der Waals surface area contributed by atoms with Crippen molar-refractivity contribution in [2.24, 2.45) is 20.5 Å². The highest BCUT2D eigenvalue weighted by atomic mass is 32.2. The lowest BCUT2D eigenvalue weighted by Crippen LogP contribution is -2.01. The van der Waals surface area contributed by atoms with E-state index < -0.39 is 35.2 Å². The van der Waals surface area contributed by atoms with E-state index in [1.54, 1.807) is 18.2 Å². The fraction of sp³-hybridized carbons (Fsp3) is 0.0303. The Morgan fingerprint density at radius 3 is 1.73 bits per heavy atom. The van der Waals surface area contributed by atoms with Gasteiger partial charge in [-0.15, -0.1) is 15.3 Å². The lowest BCUT2D eigenvalue weighted by Gasteiger charge is -2.12. The number of hydrogen-bond donors (Lipinski definition) is 3. The summed E-state index contributed by atoms with van der Waals surface area (Å²) in [7, 11) is -13.7. The number of nitrogens with zero attached hydrogens (tertiary/aromatic N) is 4. The van der Waals surface area contributed by atoms with Crippen molar-refractivity contribution in [3.8, 4) is 0 Å². The average molecular weight is 717 g/mol. The summed E-state index contributed by atoms with van der Waals surface area (Å²) in [6.45, 7) is 0. The first-order valence-electron chi connectivity index (χ1n) is 14.2. The predicted molar refractivity (Wildman–Crippen MR) is 181 cm³/mol. The Balaban J connectivity index is 1.47. The quantitative estimate of drug-likeness (QED) is 0.0971. The number of rotatable bonds is 9. The minimum Gasteiger partial charge on any atom is -0.282 e. The molecule has 0 unspecified atom stereocenters. The van der Waals surface area contributed by atoms with Gasteiger partial charge in [0.1, 0.15) is 4.90 Å². The molecule has 0 fully saturated rings. The van der Waals surface area contributed by atoms with Crippen LogP contribution < -0.4 is 0 Å². The van der Waals surface area contributed by atoms with E-state index in [2.05, 4.69) is 20.5 Å². The normalized spacial score (nSPS) is 12.8. The van der Waals surface area contributed by atoms with Gasteiger partial charge in [0.15, 0.2) is 0 Å². The van der Waals surface area contributed by atoms with Gasteiger partial charge in [0, 0.05) is 21.5 Å². The van der Waals surface area contributed by atoms with Crippen LogP contribution in [-0.4, -0.2) is 38.9 Å². The largest absolute Gasteiger partial charge is 0.295 e. The third-order valence-corrected chi connectivity index (χ3v) is 10.1. The van der Waals surface area contributed by atoms with E-state index in [0.29, 0.717) is 22.8 Å². The number of hydrogen-bond acceptors (Lipinski definition) is 10. The van der Waals surface area contributed by atoms with Crippen LogP contribution in [0.1, 0.15) is 11.1 Å². The van der Waals surface area contributed by atoms with Crippen LogP contribution in [0.4, 0.5) is 22.7 Å². The molecule has 0 aromatic heterocycles. The maximum Gasteiger partial charge on any atom is 0.295 e. The van der Waals surface area contributed by atoms with Gasteiger partial charge in [-0.3, -0.25) is 13.7 Å². The molecule has 6 rings (SSSR count). The molecule has 0 radical (unpaired) electrons. The van der Waals surface area contributed by atoms with Gasteiger partial charge in [-0.25, -0.2) is 0 Å². The van der Waals surface area contributed by atoms with Crippen molar-refractivity contribution in [3.05, 3.63) is 126 Å². The molecule has 0 aliphatic heterocycles. The molecule has 0 saturated carbocycles. The van der Waals surface area contributed by atoms with Crippen LogP contribution in [0.3, 0.4) is 0 Å². The minimum absolute atomic E-state index is 0.105. The molecular weight excluding hydrogens is 693 g/mol. The van der Waals surface area contributed by atoms with Crippen LogP contribution in [-0.2, 0) is 36.8 Å². The Kier molecular flexibility index (Phi) is 8.93. The van der Waals surface area contributed by atoms with Gasteiger partial charge in [-0.2, -0.15) is 30.4 Å². The number of fused-ring (bicyclic) bond motifs is 2. The molecule has 0 heterocycles. The van der Waals surface area contributed by atoms with Gasteiger partial charge in [-0.05, 0) is 72.1 Å². The summed E-state index contributed by atoms with van der Waals surface area (Å²) in [6.07, 6.45) is 0.362. The van der Waals surface area contributed by atoms with Crippen LogP contribution in [0, 0.1) is 0 Å². The molecule has 248 valence electrons. The van der Waals surface area contributed by atoms with E-state index in [4.69, 9.17) is 0 Å². The lowest BCUT2D eigenvalue weighted by atomic mass is 9.97. The van der Waals surface area contributed by atoms with Crippen molar-refractivity contribution in [1.82, 2.24) is 0 Å². The predicted octanol–water partition coefficient (Wildman–Crippen LogP) is 8.15. The van der Waals surface area contributed by atoms with Crippen LogP contribution in [0.2, 0.25) is 0 Å². The second-order valence-electron chi connectivity index (χ2n) is 10.7. The van der Waals surface area contributed by atoms with Crippen molar-refractivity contribution in [2.45, 2.75) is 21.1 Å². The number of benzene rings is 6. The maximum absolute atomic E-state index is 12.4. The molecule has 0 spiro atoms. The Labute approximate surface area is 280 Å². The Bertz CT molecular complexity index is 2660. The van der Waals surface area contributed by atoms with Crippen LogP contribution in [0.25, 0.3) is 21.5 Å². The standard InChI is InChI=1S/C33H24N4O9S3/c38-47(39,40)24-9-4-8-23(19-24)34-35-29-16-17-31(28-20-25(48(41,42)43)13-14-26(28)29)37-36-30-15-12-22(18-21-6-2-1-3-7-21)33-27(30)10-5-11-32(33)49(44,45)46/h1-17,19-20H,18H2,(H,38,39,40)(H,41,42,43)(H,44,45,46). The summed E-state index contributed by atoms with van der Waals surface area (Å²) in [6, 6.07) is 28.9. The Hall–Kier alpha value is -5.23. The zero-order valence-corrected chi connectivity index (χ0v) is 27.4. The molecule has 13 nitrogen and oxygen atoms in total. The van der Waals surface area contributed by atoms with Crippen molar-refractivity contribution >= 4 is 74.6 Å². The second-order valence-corrected chi connectivity index (χ2v) is 15.0. The second kappa shape index (κ2) is 13.0. The highest BCUT2D eigenvalue weighted by molar-refractivity contribution is 7.86. The van der Waals surface area contributed by atoms with Gasteiger partial charge in [0.25, 0.3) is 30.4 Å². The Morgan fingerprint density at radius 1 is 0.469 bits per heavy atom. The van der Waals surface area contributed by atoms with E-state index in [9.17, 15) is 38.9 Å². The molecule has 0 saturated heterocycles. The molecule has 3 N–H and O–H groups in total. The summed E-state index contributed by atoms with van der Waals surface area (Å²) in [4.78, 5) is -1.11. The first kappa shape index (κ1) is 33.7. The molecular formula is C33H24N4O9S3. The fourth-order valence-electron chi connectivity index (χ4n) is 5.25. The third-order valence-electron chi connectivity index (χ3n) is 7.48. The average Bonchev–Trinajstić information content (AvgIpc) is 3.06. The molecule has 0 aliphatic carbocycles. The maximum atomic E-state index is 12.4. The summed E-state index contributed by atoms with van der Waals surface area (Å²) in [5.41, 5.74) is 2.26.